The van der Waals surface area contributed by atoms with E-state index in [1.165, 1.54) is 18.2 Å². The Morgan fingerprint density at radius 2 is 1.82 bits per heavy atom. The fourth-order valence-electron chi connectivity index (χ4n) is 1.12. The molecule has 0 bridgehead atoms. The summed E-state index contributed by atoms with van der Waals surface area (Å²) >= 11 is 0. The molecule has 0 heterocycles. The Hall–Kier alpha value is -1.43. The van der Waals surface area contributed by atoms with Crippen LogP contribution in [0.15, 0.2) is 24.3 Å². The van der Waals surface area contributed by atoms with Gasteiger partial charge in [-0.2, -0.15) is 0 Å². The van der Waals surface area contributed by atoms with Crippen LogP contribution in [-0.2, 0) is 0 Å². The Bertz CT molecular complexity index is 350. The summed E-state index contributed by atoms with van der Waals surface area (Å²) in [6, 6.07) is 5.51. The molecule has 0 spiro atoms. The average molecular weight is 250 g/mol. The van der Waals surface area contributed by atoms with Crippen molar-refractivity contribution < 1.29 is 27.8 Å². The number of para-hydroxylation sites is 2. The summed E-state index contributed by atoms with van der Waals surface area (Å²) in [5.74, 6) is -0.379. The largest absolute Gasteiger partial charge is 0.573 e. The highest BCUT2D eigenvalue weighted by molar-refractivity contribution is 5.39. The number of hydrogen-bond acceptors (Lipinski definition) is 3. The number of halogens is 3. The minimum absolute atomic E-state index is 0.00507. The predicted molar refractivity (Wildman–Crippen MR) is 54.9 cm³/mol. The van der Waals surface area contributed by atoms with Gasteiger partial charge in [0.25, 0.3) is 0 Å². The van der Waals surface area contributed by atoms with Crippen LogP contribution in [0, 0.1) is 0 Å². The van der Waals surface area contributed by atoms with Crippen molar-refractivity contribution >= 4 is 0 Å². The van der Waals surface area contributed by atoms with Crippen molar-refractivity contribution in [1.29, 1.82) is 0 Å². The molecular formula is C11H13F3O3. The fourth-order valence-corrected chi connectivity index (χ4v) is 1.12. The van der Waals surface area contributed by atoms with E-state index in [2.05, 4.69) is 4.74 Å². The smallest absolute Gasteiger partial charge is 0.490 e. The van der Waals surface area contributed by atoms with Crippen LogP contribution < -0.4 is 9.47 Å². The average Bonchev–Trinajstić information content (AvgIpc) is 2.17. The van der Waals surface area contributed by atoms with Gasteiger partial charge >= 0.3 is 6.36 Å². The van der Waals surface area contributed by atoms with Crippen molar-refractivity contribution in [3.63, 3.8) is 0 Å². The summed E-state index contributed by atoms with van der Waals surface area (Å²) in [6.07, 6.45) is -4.98. The van der Waals surface area contributed by atoms with Crippen molar-refractivity contribution in [1.82, 2.24) is 0 Å². The molecular weight excluding hydrogens is 237 g/mol. The van der Waals surface area contributed by atoms with E-state index in [1.807, 2.05) is 0 Å². The number of hydrogen-bond donors (Lipinski definition) is 1. The summed E-state index contributed by atoms with van der Waals surface area (Å²) < 4.78 is 45.1. The molecule has 1 atom stereocenters. The summed E-state index contributed by atoms with van der Waals surface area (Å²) in [7, 11) is 0. The molecule has 1 unspecified atom stereocenters. The van der Waals surface area contributed by atoms with E-state index >= 15 is 0 Å². The predicted octanol–water partition coefficient (Wildman–Crippen LogP) is 2.73. The Morgan fingerprint density at radius 3 is 2.35 bits per heavy atom. The molecule has 0 aliphatic heterocycles. The van der Waals surface area contributed by atoms with Gasteiger partial charge in [-0.3, -0.25) is 0 Å². The molecule has 1 aromatic rings. The molecule has 0 saturated heterocycles. The topological polar surface area (TPSA) is 38.7 Å². The van der Waals surface area contributed by atoms with Crippen LogP contribution in [0.4, 0.5) is 13.2 Å². The second-order valence-electron chi connectivity index (χ2n) is 3.48. The second kappa shape index (κ2) is 5.77. The lowest BCUT2D eigenvalue weighted by atomic mass is 10.3. The Balaban J connectivity index is 2.64. The monoisotopic (exact) mass is 250 g/mol. The molecule has 0 aromatic heterocycles. The maximum absolute atomic E-state index is 12.1. The molecule has 1 N–H and O–H groups in total. The van der Waals surface area contributed by atoms with E-state index < -0.39 is 12.5 Å². The van der Waals surface area contributed by atoms with Gasteiger partial charge in [0.05, 0.1) is 12.7 Å². The number of alkyl halides is 3. The van der Waals surface area contributed by atoms with E-state index in [0.717, 1.165) is 0 Å². The molecule has 0 aliphatic rings. The highest BCUT2D eigenvalue weighted by Crippen LogP contribution is 2.31. The zero-order valence-corrected chi connectivity index (χ0v) is 9.20. The van der Waals surface area contributed by atoms with Gasteiger partial charge in [0.1, 0.15) is 0 Å². The summed E-state index contributed by atoms with van der Waals surface area (Å²) in [5.41, 5.74) is 0. The SMILES string of the molecule is CC(O)CCOc1ccccc1OC(F)(F)F. The van der Waals surface area contributed by atoms with E-state index in [9.17, 15) is 13.2 Å². The minimum Gasteiger partial charge on any atom is -0.490 e. The first kappa shape index (κ1) is 13.6. The molecule has 0 aliphatic carbocycles. The van der Waals surface area contributed by atoms with Gasteiger partial charge in [0.15, 0.2) is 11.5 Å². The van der Waals surface area contributed by atoms with E-state index in [0.29, 0.717) is 6.42 Å². The third-order valence-electron chi connectivity index (χ3n) is 1.87. The molecule has 0 radical (unpaired) electrons. The Kier molecular flexibility index (Phi) is 4.62. The summed E-state index contributed by atoms with van der Waals surface area (Å²) in [4.78, 5) is 0. The highest BCUT2D eigenvalue weighted by Gasteiger charge is 2.32. The van der Waals surface area contributed by atoms with E-state index in [-0.39, 0.29) is 18.1 Å². The van der Waals surface area contributed by atoms with Gasteiger partial charge < -0.3 is 14.6 Å². The Morgan fingerprint density at radius 1 is 1.24 bits per heavy atom. The fraction of sp³-hybridized carbons (Fsp3) is 0.455. The van der Waals surface area contributed by atoms with Crippen LogP contribution >= 0.6 is 0 Å². The van der Waals surface area contributed by atoms with Crippen LogP contribution in [0.3, 0.4) is 0 Å². The molecule has 0 amide bonds. The Labute approximate surface area is 96.8 Å². The van der Waals surface area contributed by atoms with Gasteiger partial charge in [0.2, 0.25) is 0 Å². The van der Waals surface area contributed by atoms with Crippen LogP contribution in [0.1, 0.15) is 13.3 Å². The van der Waals surface area contributed by atoms with Crippen molar-refractivity contribution in [2.24, 2.45) is 0 Å². The molecule has 3 nitrogen and oxygen atoms in total. The molecule has 96 valence electrons. The third kappa shape index (κ3) is 5.44. The quantitative estimate of drug-likeness (QED) is 0.873. The molecule has 6 heteroatoms. The van der Waals surface area contributed by atoms with Crippen molar-refractivity contribution in [2.45, 2.75) is 25.8 Å². The maximum Gasteiger partial charge on any atom is 0.573 e. The minimum atomic E-state index is -4.75. The van der Waals surface area contributed by atoms with Crippen molar-refractivity contribution in [3.05, 3.63) is 24.3 Å². The zero-order valence-electron chi connectivity index (χ0n) is 9.20. The number of aliphatic hydroxyl groups is 1. The van der Waals surface area contributed by atoms with Gasteiger partial charge in [-0.15, -0.1) is 13.2 Å². The summed E-state index contributed by atoms with van der Waals surface area (Å²) in [6.45, 7) is 1.69. The van der Waals surface area contributed by atoms with E-state index in [1.54, 1.807) is 13.0 Å². The second-order valence-corrected chi connectivity index (χ2v) is 3.48. The molecule has 0 saturated carbocycles. The van der Waals surface area contributed by atoms with Gasteiger partial charge in [0, 0.05) is 6.42 Å². The van der Waals surface area contributed by atoms with Crippen LogP contribution in [0.25, 0.3) is 0 Å². The molecule has 17 heavy (non-hydrogen) atoms. The van der Waals surface area contributed by atoms with Crippen LogP contribution in [-0.4, -0.2) is 24.2 Å². The molecule has 1 rings (SSSR count). The zero-order chi connectivity index (χ0) is 12.9. The van der Waals surface area contributed by atoms with Crippen molar-refractivity contribution in [3.8, 4) is 11.5 Å². The van der Waals surface area contributed by atoms with Gasteiger partial charge in [-0.1, -0.05) is 12.1 Å². The van der Waals surface area contributed by atoms with Crippen molar-refractivity contribution in [2.75, 3.05) is 6.61 Å². The van der Waals surface area contributed by atoms with E-state index in [4.69, 9.17) is 9.84 Å². The number of ether oxygens (including phenoxy) is 2. The standard InChI is InChI=1S/C11H13F3O3/c1-8(15)6-7-16-9-4-2-3-5-10(9)17-11(12,13)14/h2-5,8,15H,6-7H2,1H3. The molecule has 0 fully saturated rings. The highest BCUT2D eigenvalue weighted by atomic mass is 19.4. The lowest BCUT2D eigenvalue weighted by Crippen LogP contribution is -2.18. The first-order chi connectivity index (χ1) is 7.88. The van der Waals surface area contributed by atoms with Crippen LogP contribution in [0.5, 0.6) is 11.5 Å². The molecule has 1 aromatic carbocycles. The first-order valence-corrected chi connectivity index (χ1v) is 5.04. The van der Waals surface area contributed by atoms with Crippen LogP contribution in [0.2, 0.25) is 0 Å². The van der Waals surface area contributed by atoms with Gasteiger partial charge in [-0.05, 0) is 19.1 Å². The lowest BCUT2D eigenvalue weighted by Gasteiger charge is -2.14. The van der Waals surface area contributed by atoms with Gasteiger partial charge in [-0.25, -0.2) is 0 Å². The number of rotatable bonds is 5. The normalized spacial score (nSPS) is 13.2. The number of benzene rings is 1. The number of aliphatic hydroxyl groups excluding tert-OH is 1. The first-order valence-electron chi connectivity index (χ1n) is 5.04. The third-order valence-corrected chi connectivity index (χ3v) is 1.87. The maximum atomic E-state index is 12.1. The summed E-state index contributed by atoms with van der Waals surface area (Å²) in [5, 5.41) is 8.99. The lowest BCUT2D eigenvalue weighted by molar-refractivity contribution is -0.275.